The topological polar surface area (TPSA) is 135 Å². The normalized spacial score (nSPS) is 21.0. The molecule has 0 radical (unpaired) electrons. The first-order chi connectivity index (χ1) is 17.7. The molecule has 1 aliphatic heterocycles. The van der Waals surface area contributed by atoms with Crippen molar-refractivity contribution in [1.82, 2.24) is 15.0 Å². The number of halogens is 6. The summed E-state index contributed by atoms with van der Waals surface area (Å²) >= 11 is 0. The van der Waals surface area contributed by atoms with E-state index in [1.807, 2.05) is 18.2 Å². The third-order valence-corrected chi connectivity index (χ3v) is 5.51. The number of carboxylic acid groups (broad SMARTS) is 2. The van der Waals surface area contributed by atoms with Gasteiger partial charge in [-0.1, -0.05) is 0 Å². The SMILES string of the molecule is O=C(O)C(F)(F)F.O=C(O)C(F)(F)F.c1cnc(N2CCO[C@@]3(CCC[C@@H]3COc3cccnc3)C2)nc1. The fourth-order valence-electron chi connectivity index (χ4n) is 3.81. The monoisotopic (exact) mass is 554 g/mol. The van der Waals surface area contributed by atoms with Crippen molar-refractivity contribution in [1.29, 1.82) is 0 Å². The van der Waals surface area contributed by atoms with Gasteiger partial charge in [-0.15, -0.1) is 0 Å². The van der Waals surface area contributed by atoms with E-state index >= 15 is 0 Å². The zero-order chi connectivity index (χ0) is 28.4. The largest absolute Gasteiger partial charge is 0.492 e. The Balaban J connectivity index is 0.000000301. The summed E-state index contributed by atoms with van der Waals surface area (Å²) in [6, 6.07) is 5.69. The molecule has 0 amide bonds. The summed E-state index contributed by atoms with van der Waals surface area (Å²) < 4.78 is 75.7. The molecule has 2 N–H and O–H groups in total. The van der Waals surface area contributed by atoms with Gasteiger partial charge in [0.05, 0.1) is 31.6 Å². The van der Waals surface area contributed by atoms with Crippen LogP contribution >= 0.6 is 0 Å². The molecular formula is C22H24F6N4O6. The summed E-state index contributed by atoms with van der Waals surface area (Å²) in [6.07, 6.45) is 0.301. The van der Waals surface area contributed by atoms with Crippen molar-refractivity contribution in [2.75, 3.05) is 31.2 Å². The predicted octanol–water partition coefficient (Wildman–Crippen LogP) is 3.59. The van der Waals surface area contributed by atoms with E-state index < -0.39 is 24.3 Å². The molecule has 2 aromatic heterocycles. The zero-order valence-corrected chi connectivity index (χ0v) is 19.7. The van der Waals surface area contributed by atoms with Gasteiger partial charge in [-0.2, -0.15) is 26.3 Å². The summed E-state index contributed by atoms with van der Waals surface area (Å²) in [5, 5.41) is 14.2. The number of ether oxygens (including phenoxy) is 2. The van der Waals surface area contributed by atoms with Crippen molar-refractivity contribution in [3.05, 3.63) is 43.0 Å². The lowest BCUT2D eigenvalue weighted by Crippen LogP contribution is -2.55. The first-order valence-corrected chi connectivity index (χ1v) is 11.0. The molecule has 1 aliphatic carbocycles. The second-order valence-electron chi connectivity index (χ2n) is 8.08. The van der Waals surface area contributed by atoms with Gasteiger partial charge in [0, 0.05) is 31.1 Å². The Hall–Kier alpha value is -3.69. The van der Waals surface area contributed by atoms with Crippen LogP contribution in [0.2, 0.25) is 0 Å². The van der Waals surface area contributed by atoms with Crippen molar-refractivity contribution >= 4 is 17.9 Å². The van der Waals surface area contributed by atoms with Gasteiger partial charge in [-0.3, -0.25) is 4.98 Å². The van der Waals surface area contributed by atoms with E-state index in [1.54, 1.807) is 24.8 Å². The van der Waals surface area contributed by atoms with E-state index in [0.717, 1.165) is 37.6 Å². The second kappa shape index (κ2) is 13.2. The number of carboxylic acids is 2. The Morgan fingerprint density at radius 2 is 1.66 bits per heavy atom. The molecule has 1 spiro atoms. The Morgan fingerprint density at radius 1 is 1.05 bits per heavy atom. The lowest BCUT2D eigenvalue weighted by Gasteiger charge is -2.43. The van der Waals surface area contributed by atoms with Crippen LogP contribution in [-0.2, 0) is 14.3 Å². The fourth-order valence-corrected chi connectivity index (χ4v) is 3.81. The Kier molecular flexibility index (Phi) is 10.6. The van der Waals surface area contributed by atoms with Gasteiger partial charge in [0.1, 0.15) is 5.75 Å². The van der Waals surface area contributed by atoms with E-state index in [4.69, 9.17) is 29.3 Å². The van der Waals surface area contributed by atoms with Crippen molar-refractivity contribution in [2.45, 2.75) is 37.2 Å². The maximum absolute atomic E-state index is 10.6. The molecule has 16 heteroatoms. The van der Waals surface area contributed by atoms with Crippen molar-refractivity contribution in [2.24, 2.45) is 5.92 Å². The lowest BCUT2D eigenvalue weighted by atomic mass is 9.89. The molecule has 3 heterocycles. The number of aliphatic carboxylic acids is 2. The molecule has 0 bridgehead atoms. The average Bonchev–Trinajstić information content (AvgIpc) is 3.24. The fraction of sp³-hybridized carbons (Fsp3) is 0.500. The Morgan fingerprint density at radius 3 is 2.18 bits per heavy atom. The standard InChI is InChI=1S/C18H22N4O2.2C2HF3O2/c1-4-15(13-23-16-5-2-7-19-12-16)18(6-1)14-22(10-11-24-18)17-20-8-3-9-21-17;2*3-2(4,5)1(6)7/h2-3,5,7-9,12,15H,1,4,6,10-11,13-14H2;2*(H,6,7)/t15-,18+;;/m1../s1. The lowest BCUT2D eigenvalue weighted by molar-refractivity contribution is -0.193. The maximum Gasteiger partial charge on any atom is 0.490 e. The van der Waals surface area contributed by atoms with Crippen molar-refractivity contribution in [3.63, 3.8) is 0 Å². The van der Waals surface area contributed by atoms with Gasteiger partial charge < -0.3 is 24.6 Å². The third-order valence-electron chi connectivity index (χ3n) is 5.51. The van der Waals surface area contributed by atoms with Crippen LogP contribution < -0.4 is 9.64 Å². The van der Waals surface area contributed by atoms with Gasteiger partial charge in [0.2, 0.25) is 5.95 Å². The van der Waals surface area contributed by atoms with Gasteiger partial charge in [0.25, 0.3) is 0 Å². The molecule has 2 aromatic rings. The van der Waals surface area contributed by atoms with Crippen LogP contribution in [0, 0.1) is 5.92 Å². The van der Waals surface area contributed by atoms with Crippen molar-refractivity contribution in [3.8, 4) is 5.75 Å². The number of hydrogen-bond donors (Lipinski definition) is 2. The van der Waals surface area contributed by atoms with Crippen LogP contribution in [0.4, 0.5) is 32.3 Å². The molecule has 2 aliphatic rings. The van der Waals surface area contributed by atoms with E-state index in [1.165, 1.54) is 6.42 Å². The second-order valence-corrected chi connectivity index (χ2v) is 8.08. The van der Waals surface area contributed by atoms with Crippen LogP contribution in [0.3, 0.4) is 0 Å². The summed E-state index contributed by atoms with van der Waals surface area (Å²) in [5.74, 6) is -3.53. The molecule has 10 nitrogen and oxygen atoms in total. The highest BCUT2D eigenvalue weighted by Gasteiger charge is 2.47. The highest BCUT2D eigenvalue weighted by atomic mass is 19.4. The average molecular weight is 554 g/mol. The van der Waals surface area contributed by atoms with Crippen LogP contribution in [0.5, 0.6) is 5.75 Å². The summed E-state index contributed by atoms with van der Waals surface area (Å²) in [5.41, 5.74) is -0.153. The number of carbonyl (C=O) groups is 2. The van der Waals surface area contributed by atoms with E-state index in [2.05, 4.69) is 19.9 Å². The summed E-state index contributed by atoms with van der Waals surface area (Å²) in [6.45, 7) is 3.04. The predicted molar refractivity (Wildman–Crippen MR) is 117 cm³/mol. The molecule has 4 rings (SSSR count). The Bertz CT molecular complexity index is 1000. The van der Waals surface area contributed by atoms with E-state index in [0.29, 0.717) is 19.1 Å². The Labute approximate surface area is 212 Å². The summed E-state index contributed by atoms with van der Waals surface area (Å²) in [4.78, 5) is 32.9. The molecule has 38 heavy (non-hydrogen) atoms. The maximum atomic E-state index is 10.6. The third kappa shape index (κ3) is 9.32. The molecule has 2 fully saturated rings. The number of aromatic nitrogens is 3. The van der Waals surface area contributed by atoms with Crippen LogP contribution in [0.1, 0.15) is 19.3 Å². The van der Waals surface area contributed by atoms with Crippen LogP contribution in [0.15, 0.2) is 43.0 Å². The highest BCUT2D eigenvalue weighted by Crippen LogP contribution is 2.41. The molecule has 1 saturated carbocycles. The molecule has 0 aromatic carbocycles. The van der Waals surface area contributed by atoms with E-state index in [-0.39, 0.29) is 5.60 Å². The summed E-state index contributed by atoms with van der Waals surface area (Å²) in [7, 11) is 0. The van der Waals surface area contributed by atoms with Gasteiger partial charge in [0.15, 0.2) is 0 Å². The number of anilines is 1. The number of nitrogens with zero attached hydrogens (tertiary/aromatic N) is 4. The molecular weight excluding hydrogens is 530 g/mol. The highest BCUT2D eigenvalue weighted by molar-refractivity contribution is 5.73. The minimum Gasteiger partial charge on any atom is -0.492 e. The van der Waals surface area contributed by atoms with Crippen LogP contribution in [-0.4, -0.2) is 81.4 Å². The molecule has 1 saturated heterocycles. The minimum absolute atomic E-state index is 0.153. The van der Waals surface area contributed by atoms with E-state index in [9.17, 15) is 26.3 Å². The first kappa shape index (κ1) is 30.5. The number of rotatable bonds is 4. The molecule has 2 atom stereocenters. The first-order valence-electron chi connectivity index (χ1n) is 11.0. The number of alkyl halides is 6. The number of morpholine rings is 1. The number of hydrogen-bond acceptors (Lipinski definition) is 8. The zero-order valence-electron chi connectivity index (χ0n) is 19.7. The molecule has 0 unspecified atom stereocenters. The quantitative estimate of drug-likeness (QED) is 0.540. The van der Waals surface area contributed by atoms with Gasteiger partial charge in [-0.05, 0) is 37.5 Å². The smallest absolute Gasteiger partial charge is 0.490 e. The van der Waals surface area contributed by atoms with Gasteiger partial charge >= 0.3 is 24.3 Å². The number of pyridine rings is 1. The van der Waals surface area contributed by atoms with Crippen molar-refractivity contribution < 1.29 is 55.6 Å². The minimum atomic E-state index is -5.08. The van der Waals surface area contributed by atoms with Crippen LogP contribution in [0.25, 0.3) is 0 Å². The van der Waals surface area contributed by atoms with Gasteiger partial charge in [-0.25, -0.2) is 19.6 Å². The molecule has 210 valence electrons.